The number of aromatic nitrogens is 3. The summed E-state index contributed by atoms with van der Waals surface area (Å²) in [6.07, 6.45) is 3.64. The van der Waals surface area contributed by atoms with Crippen molar-refractivity contribution in [2.45, 2.75) is 33.3 Å². The lowest BCUT2D eigenvalue weighted by Gasteiger charge is -2.14. The monoisotopic (exact) mass is 401 g/mol. The van der Waals surface area contributed by atoms with E-state index in [2.05, 4.69) is 25.6 Å². The highest BCUT2D eigenvalue weighted by Crippen LogP contribution is 2.35. The second kappa shape index (κ2) is 8.94. The average molecular weight is 401 g/mol. The number of aryl methyl sites for hydroxylation is 1. The van der Waals surface area contributed by atoms with Gasteiger partial charge in [0.2, 0.25) is 5.88 Å². The van der Waals surface area contributed by atoms with Gasteiger partial charge >= 0.3 is 0 Å². The Balaban J connectivity index is 1.94. The van der Waals surface area contributed by atoms with E-state index in [0.717, 1.165) is 15.8 Å². The molecule has 3 rings (SSSR count). The Morgan fingerprint density at radius 3 is 2.89 bits per heavy atom. The van der Waals surface area contributed by atoms with Gasteiger partial charge in [0, 0.05) is 19.3 Å². The smallest absolute Gasteiger partial charge is 0.261 e. The van der Waals surface area contributed by atoms with Gasteiger partial charge < -0.3 is 20.5 Å². The summed E-state index contributed by atoms with van der Waals surface area (Å²) in [5.41, 5.74) is 1.50. The van der Waals surface area contributed by atoms with Gasteiger partial charge in [-0.1, -0.05) is 0 Å². The van der Waals surface area contributed by atoms with Crippen molar-refractivity contribution in [3.05, 3.63) is 35.1 Å². The summed E-state index contributed by atoms with van der Waals surface area (Å²) in [7, 11) is 0. The van der Waals surface area contributed by atoms with Gasteiger partial charge in [0.05, 0.1) is 16.4 Å². The van der Waals surface area contributed by atoms with Crippen LogP contribution in [0.3, 0.4) is 0 Å². The molecule has 0 aliphatic carbocycles. The molecular formula is C19H23N5O3S. The topological polar surface area (TPSA) is 109 Å². The van der Waals surface area contributed by atoms with E-state index >= 15 is 0 Å². The van der Waals surface area contributed by atoms with Crippen LogP contribution in [0.5, 0.6) is 5.88 Å². The van der Waals surface area contributed by atoms with Crippen molar-refractivity contribution in [1.29, 1.82) is 0 Å². The lowest BCUT2D eigenvalue weighted by molar-refractivity contribution is 0.0954. The number of aliphatic hydroxyl groups excluding tert-OH is 1. The molecule has 0 saturated carbocycles. The van der Waals surface area contributed by atoms with Crippen LogP contribution < -0.4 is 15.4 Å². The maximum Gasteiger partial charge on any atom is 0.261 e. The molecule has 148 valence electrons. The summed E-state index contributed by atoms with van der Waals surface area (Å²) < 4.78 is 5.76. The molecule has 0 bridgehead atoms. The van der Waals surface area contributed by atoms with Crippen LogP contribution in [-0.4, -0.2) is 45.2 Å². The number of anilines is 2. The van der Waals surface area contributed by atoms with E-state index < -0.39 is 0 Å². The first-order valence-electron chi connectivity index (χ1n) is 9.03. The number of nitrogens with one attached hydrogen (secondary N) is 2. The lowest BCUT2D eigenvalue weighted by Crippen LogP contribution is -2.24. The third-order valence-electron chi connectivity index (χ3n) is 3.93. The van der Waals surface area contributed by atoms with E-state index in [9.17, 15) is 4.79 Å². The number of hydrogen-bond donors (Lipinski definition) is 3. The quantitative estimate of drug-likeness (QED) is 0.498. The lowest BCUT2D eigenvalue weighted by atomic mass is 10.2. The highest BCUT2D eigenvalue weighted by molar-refractivity contribution is 7.20. The summed E-state index contributed by atoms with van der Waals surface area (Å²) >= 11 is 1.32. The van der Waals surface area contributed by atoms with Crippen LogP contribution in [0.4, 0.5) is 11.5 Å². The minimum Gasteiger partial charge on any atom is -0.473 e. The molecule has 0 saturated heterocycles. The average Bonchev–Trinajstić information content (AvgIpc) is 3.01. The van der Waals surface area contributed by atoms with E-state index in [-0.39, 0.29) is 18.6 Å². The van der Waals surface area contributed by atoms with Gasteiger partial charge in [0.1, 0.15) is 22.7 Å². The molecular weight excluding hydrogens is 378 g/mol. The van der Waals surface area contributed by atoms with Gasteiger partial charge in [0.15, 0.2) is 0 Å². The van der Waals surface area contributed by atoms with Gasteiger partial charge in [-0.15, -0.1) is 11.3 Å². The number of amides is 1. The fourth-order valence-corrected chi connectivity index (χ4v) is 3.74. The first kappa shape index (κ1) is 20.0. The summed E-state index contributed by atoms with van der Waals surface area (Å²) in [4.78, 5) is 26.7. The van der Waals surface area contributed by atoms with Gasteiger partial charge in [-0.2, -0.15) is 0 Å². The largest absolute Gasteiger partial charge is 0.473 e. The fourth-order valence-electron chi connectivity index (χ4n) is 2.67. The molecule has 28 heavy (non-hydrogen) atoms. The Hall–Kier alpha value is -2.78. The number of thiophene rings is 1. The summed E-state index contributed by atoms with van der Waals surface area (Å²) in [5.74, 6) is 0.902. The molecule has 3 aromatic rings. The predicted molar refractivity (Wildman–Crippen MR) is 109 cm³/mol. The van der Waals surface area contributed by atoms with E-state index in [1.807, 2.05) is 32.9 Å². The molecule has 0 radical (unpaired) electrons. The normalized spacial score (nSPS) is 11.0. The molecule has 0 fully saturated rings. The van der Waals surface area contributed by atoms with E-state index in [4.69, 9.17) is 9.84 Å². The van der Waals surface area contributed by atoms with Crippen LogP contribution in [0, 0.1) is 6.92 Å². The molecule has 8 nitrogen and oxygen atoms in total. The fraction of sp³-hybridized carbons (Fsp3) is 0.368. The number of pyridine rings is 1. The number of hydrogen-bond acceptors (Lipinski definition) is 8. The van der Waals surface area contributed by atoms with Crippen molar-refractivity contribution in [3.8, 4) is 5.88 Å². The molecule has 1 amide bonds. The minimum absolute atomic E-state index is 0.0158. The highest BCUT2D eigenvalue weighted by atomic mass is 32.1. The standard InChI is InChI=1S/C19H23N5O3S/c1-11(2)27-18-13(6-4-7-21-18)24-16-14-12(3)15(17(26)20-8-5-9-25)28-19(14)23-10-22-16/h4,6-7,10-11,25H,5,8-9H2,1-3H3,(H,20,26)(H,22,23,24). The number of rotatable bonds is 8. The highest BCUT2D eigenvalue weighted by Gasteiger charge is 2.20. The first-order chi connectivity index (χ1) is 13.5. The van der Waals surface area contributed by atoms with Crippen LogP contribution in [0.2, 0.25) is 0 Å². The molecule has 0 unspecified atom stereocenters. The van der Waals surface area contributed by atoms with E-state index in [0.29, 0.717) is 35.2 Å². The molecule has 0 aliphatic heterocycles. The molecule has 0 spiro atoms. The Bertz CT molecular complexity index is 973. The minimum atomic E-state index is -0.176. The second-order valence-corrected chi connectivity index (χ2v) is 7.44. The Kier molecular flexibility index (Phi) is 6.37. The maximum atomic E-state index is 12.5. The number of nitrogens with zero attached hydrogens (tertiary/aromatic N) is 3. The van der Waals surface area contributed by atoms with Crippen molar-refractivity contribution < 1.29 is 14.6 Å². The zero-order valence-electron chi connectivity index (χ0n) is 16.0. The third kappa shape index (κ3) is 4.37. The molecule has 3 N–H and O–H groups in total. The second-order valence-electron chi connectivity index (χ2n) is 6.44. The molecule has 0 aliphatic rings. The summed E-state index contributed by atoms with van der Waals surface area (Å²) in [5, 5.41) is 15.8. The first-order valence-corrected chi connectivity index (χ1v) is 9.84. The number of fused-ring (bicyclic) bond motifs is 1. The maximum absolute atomic E-state index is 12.5. The summed E-state index contributed by atoms with van der Waals surface area (Å²) in [6, 6.07) is 3.68. The van der Waals surface area contributed by atoms with E-state index in [1.165, 1.54) is 17.7 Å². The van der Waals surface area contributed by atoms with Crippen LogP contribution in [0.1, 0.15) is 35.5 Å². The van der Waals surface area contributed by atoms with Crippen molar-refractivity contribution in [2.75, 3.05) is 18.5 Å². The zero-order chi connectivity index (χ0) is 20.1. The number of aliphatic hydroxyl groups is 1. The molecule has 9 heteroatoms. The van der Waals surface area contributed by atoms with E-state index in [1.54, 1.807) is 6.20 Å². The summed E-state index contributed by atoms with van der Waals surface area (Å²) in [6.45, 7) is 6.21. The van der Waals surface area contributed by atoms with Crippen LogP contribution >= 0.6 is 11.3 Å². The number of ether oxygens (including phenoxy) is 1. The molecule has 0 atom stereocenters. The van der Waals surface area contributed by atoms with Crippen molar-refractivity contribution in [2.24, 2.45) is 0 Å². The van der Waals surface area contributed by atoms with Crippen LogP contribution in [-0.2, 0) is 0 Å². The third-order valence-corrected chi connectivity index (χ3v) is 5.12. The van der Waals surface area contributed by atoms with Crippen LogP contribution in [0.15, 0.2) is 24.7 Å². The van der Waals surface area contributed by atoms with Gasteiger partial charge in [0.25, 0.3) is 5.91 Å². The van der Waals surface area contributed by atoms with Crippen LogP contribution in [0.25, 0.3) is 10.2 Å². The van der Waals surface area contributed by atoms with Crippen molar-refractivity contribution >= 4 is 39.0 Å². The zero-order valence-corrected chi connectivity index (χ0v) is 16.8. The molecule has 3 aromatic heterocycles. The van der Waals surface area contributed by atoms with Gasteiger partial charge in [-0.05, 0) is 44.9 Å². The number of carbonyl (C=O) groups excluding carboxylic acids is 1. The Labute approximate surface area is 167 Å². The van der Waals surface area contributed by atoms with Crippen molar-refractivity contribution in [1.82, 2.24) is 20.3 Å². The predicted octanol–water partition coefficient (Wildman–Crippen LogP) is 3.04. The SMILES string of the molecule is Cc1c(C(=O)NCCCO)sc2ncnc(Nc3cccnc3OC(C)C)c12. The van der Waals surface area contributed by atoms with Gasteiger partial charge in [-0.25, -0.2) is 15.0 Å². The van der Waals surface area contributed by atoms with Gasteiger partial charge in [-0.3, -0.25) is 4.79 Å². The Morgan fingerprint density at radius 2 is 2.14 bits per heavy atom. The van der Waals surface area contributed by atoms with Crippen molar-refractivity contribution in [3.63, 3.8) is 0 Å². The molecule has 3 heterocycles. The molecule has 0 aromatic carbocycles. The Morgan fingerprint density at radius 1 is 1.32 bits per heavy atom. The number of carbonyl (C=O) groups is 1.